The molecule has 0 radical (unpaired) electrons. The minimum absolute atomic E-state index is 0.118. The van der Waals surface area contributed by atoms with Gasteiger partial charge in [0.2, 0.25) is 5.43 Å². The van der Waals surface area contributed by atoms with Gasteiger partial charge in [-0.1, -0.05) is 25.1 Å². The number of aromatic nitrogens is 1. The third-order valence-electron chi connectivity index (χ3n) is 2.90. The lowest BCUT2D eigenvalue weighted by molar-refractivity contribution is 0.947. The van der Waals surface area contributed by atoms with Crippen molar-refractivity contribution in [1.82, 2.24) is 4.57 Å². The minimum Gasteiger partial charge on any atom is -0.394 e. The summed E-state index contributed by atoms with van der Waals surface area (Å²) in [5, 5.41) is 0. The van der Waals surface area contributed by atoms with Crippen LogP contribution in [0.1, 0.15) is 18.2 Å². The molecule has 0 spiro atoms. The highest BCUT2D eigenvalue weighted by Crippen LogP contribution is 2.17. The van der Waals surface area contributed by atoms with Crippen LogP contribution in [0.15, 0.2) is 41.3 Å². The lowest BCUT2D eigenvalue weighted by Gasteiger charge is -2.14. The lowest BCUT2D eigenvalue weighted by Crippen LogP contribution is -2.13. The number of aryl methyl sites for hydroxylation is 2. The van der Waals surface area contributed by atoms with Crippen molar-refractivity contribution in [2.45, 2.75) is 20.3 Å². The fourth-order valence-electron chi connectivity index (χ4n) is 1.95. The van der Waals surface area contributed by atoms with E-state index in [4.69, 9.17) is 5.73 Å². The van der Waals surface area contributed by atoms with Crippen molar-refractivity contribution in [3.63, 3.8) is 0 Å². The molecule has 88 valence electrons. The molecule has 0 atom stereocenters. The number of nitrogens with two attached hydrogens (primary N) is 1. The Kier molecular flexibility index (Phi) is 3.00. The summed E-state index contributed by atoms with van der Waals surface area (Å²) < 4.78 is 1.97. The van der Waals surface area contributed by atoms with E-state index in [2.05, 4.69) is 13.0 Å². The van der Waals surface area contributed by atoms with Crippen LogP contribution < -0.4 is 11.2 Å². The van der Waals surface area contributed by atoms with E-state index in [9.17, 15) is 4.79 Å². The summed E-state index contributed by atoms with van der Waals surface area (Å²) in [6, 6.07) is 9.70. The molecule has 0 fully saturated rings. The first-order chi connectivity index (χ1) is 8.13. The standard InChI is InChI=1S/C14H16N2O/c1-3-11-6-4-5-7-13(11)16-9-12(15)14(17)8-10(16)2/h4-9H,3,15H2,1-2H3. The van der Waals surface area contributed by atoms with Crippen molar-refractivity contribution in [3.05, 3.63) is 58.0 Å². The van der Waals surface area contributed by atoms with Crippen LogP contribution >= 0.6 is 0 Å². The second-order valence-electron chi connectivity index (χ2n) is 4.09. The van der Waals surface area contributed by atoms with Gasteiger partial charge < -0.3 is 10.3 Å². The minimum atomic E-state index is -0.118. The average Bonchev–Trinajstić information content (AvgIpc) is 2.34. The van der Waals surface area contributed by atoms with Gasteiger partial charge in [0.1, 0.15) is 0 Å². The maximum atomic E-state index is 11.4. The zero-order valence-corrected chi connectivity index (χ0v) is 10.1. The Morgan fingerprint density at radius 3 is 2.71 bits per heavy atom. The summed E-state index contributed by atoms with van der Waals surface area (Å²) >= 11 is 0. The molecule has 0 unspecified atom stereocenters. The lowest BCUT2D eigenvalue weighted by atomic mass is 10.1. The molecular weight excluding hydrogens is 212 g/mol. The third kappa shape index (κ3) is 2.09. The zero-order valence-electron chi connectivity index (χ0n) is 10.1. The Morgan fingerprint density at radius 1 is 1.29 bits per heavy atom. The van der Waals surface area contributed by atoms with E-state index in [1.54, 1.807) is 12.3 Å². The number of hydrogen-bond acceptors (Lipinski definition) is 2. The molecular formula is C14H16N2O. The predicted octanol–water partition coefficient (Wildman–Crippen LogP) is 2.29. The first kappa shape index (κ1) is 11.5. The van der Waals surface area contributed by atoms with Gasteiger partial charge in [0, 0.05) is 23.6 Å². The van der Waals surface area contributed by atoms with E-state index in [-0.39, 0.29) is 11.1 Å². The van der Waals surface area contributed by atoms with Crippen LogP contribution in [0.25, 0.3) is 5.69 Å². The van der Waals surface area contributed by atoms with Crippen LogP contribution in [0.3, 0.4) is 0 Å². The quantitative estimate of drug-likeness (QED) is 0.857. The van der Waals surface area contributed by atoms with E-state index in [1.165, 1.54) is 5.56 Å². The maximum Gasteiger partial charge on any atom is 0.204 e. The molecule has 0 bridgehead atoms. The second-order valence-corrected chi connectivity index (χ2v) is 4.09. The second kappa shape index (κ2) is 4.45. The van der Waals surface area contributed by atoms with Gasteiger partial charge in [-0.3, -0.25) is 4.79 Å². The first-order valence-corrected chi connectivity index (χ1v) is 5.70. The maximum absolute atomic E-state index is 11.4. The topological polar surface area (TPSA) is 48.0 Å². The number of pyridine rings is 1. The molecule has 1 heterocycles. The van der Waals surface area contributed by atoms with Crippen LogP contribution in [-0.4, -0.2) is 4.57 Å². The third-order valence-corrected chi connectivity index (χ3v) is 2.90. The SMILES string of the molecule is CCc1ccccc1-n1cc(N)c(=O)cc1C. The Labute approximate surface area is 101 Å². The summed E-state index contributed by atoms with van der Waals surface area (Å²) in [4.78, 5) is 11.4. The van der Waals surface area contributed by atoms with Crippen molar-refractivity contribution in [2.75, 3.05) is 5.73 Å². The summed E-state index contributed by atoms with van der Waals surface area (Å²) in [5.74, 6) is 0. The number of nitrogens with zero attached hydrogens (tertiary/aromatic N) is 1. The highest BCUT2D eigenvalue weighted by Gasteiger charge is 2.06. The van der Waals surface area contributed by atoms with Gasteiger partial charge in [-0.15, -0.1) is 0 Å². The molecule has 0 saturated carbocycles. The van der Waals surface area contributed by atoms with E-state index in [0.717, 1.165) is 17.8 Å². The molecule has 17 heavy (non-hydrogen) atoms. The number of nitrogen functional groups attached to an aromatic ring is 1. The molecule has 0 aliphatic heterocycles. The van der Waals surface area contributed by atoms with Crippen molar-refractivity contribution >= 4 is 5.69 Å². The van der Waals surface area contributed by atoms with Crippen molar-refractivity contribution in [2.24, 2.45) is 0 Å². The highest BCUT2D eigenvalue weighted by atomic mass is 16.1. The predicted molar refractivity (Wildman–Crippen MR) is 70.6 cm³/mol. The highest BCUT2D eigenvalue weighted by molar-refractivity contribution is 5.46. The Morgan fingerprint density at radius 2 is 2.00 bits per heavy atom. The molecule has 0 aliphatic carbocycles. The molecule has 0 saturated heterocycles. The molecule has 2 rings (SSSR count). The molecule has 2 N–H and O–H groups in total. The number of para-hydroxylation sites is 1. The van der Waals surface area contributed by atoms with Gasteiger partial charge in [0.15, 0.2) is 0 Å². The van der Waals surface area contributed by atoms with E-state index in [1.807, 2.05) is 29.7 Å². The fraction of sp³-hybridized carbons (Fsp3) is 0.214. The van der Waals surface area contributed by atoms with Gasteiger partial charge in [-0.25, -0.2) is 0 Å². The Balaban J connectivity index is 2.68. The van der Waals surface area contributed by atoms with Crippen LogP contribution in [-0.2, 0) is 6.42 Å². The molecule has 3 nitrogen and oxygen atoms in total. The number of anilines is 1. The van der Waals surface area contributed by atoms with Gasteiger partial charge in [-0.2, -0.15) is 0 Å². The first-order valence-electron chi connectivity index (χ1n) is 5.70. The number of benzene rings is 1. The molecule has 2 aromatic rings. The van der Waals surface area contributed by atoms with E-state index >= 15 is 0 Å². The normalized spacial score (nSPS) is 10.5. The summed E-state index contributed by atoms with van der Waals surface area (Å²) in [5.41, 5.74) is 9.06. The van der Waals surface area contributed by atoms with Crippen LogP contribution in [0.2, 0.25) is 0 Å². The van der Waals surface area contributed by atoms with Crippen molar-refractivity contribution in [1.29, 1.82) is 0 Å². The zero-order chi connectivity index (χ0) is 12.4. The Bertz CT molecular complexity index is 599. The summed E-state index contributed by atoms with van der Waals surface area (Å²) in [6.07, 6.45) is 2.65. The Hall–Kier alpha value is -2.03. The fourth-order valence-corrected chi connectivity index (χ4v) is 1.95. The van der Waals surface area contributed by atoms with Crippen LogP contribution in [0, 0.1) is 6.92 Å². The average molecular weight is 228 g/mol. The molecule has 3 heteroatoms. The van der Waals surface area contributed by atoms with Crippen LogP contribution in [0.4, 0.5) is 5.69 Å². The number of rotatable bonds is 2. The van der Waals surface area contributed by atoms with E-state index in [0.29, 0.717) is 0 Å². The van der Waals surface area contributed by atoms with Crippen molar-refractivity contribution in [3.8, 4) is 5.69 Å². The molecule has 0 amide bonds. The molecule has 0 aliphatic rings. The van der Waals surface area contributed by atoms with Crippen molar-refractivity contribution < 1.29 is 0 Å². The smallest absolute Gasteiger partial charge is 0.204 e. The van der Waals surface area contributed by atoms with Gasteiger partial charge in [0.25, 0.3) is 0 Å². The van der Waals surface area contributed by atoms with Gasteiger partial charge >= 0.3 is 0 Å². The van der Waals surface area contributed by atoms with Gasteiger partial charge in [0.05, 0.1) is 5.69 Å². The number of hydrogen-bond donors (Lipinski definition) is 1. The monoisotopic (exact) mass is 228 g/mol. The summed E-state index contributed by atoms with van der Waals surface area (Å²) in [6.45, 7) is 4.02. The van der Waals surface area contributed by atoms with Gasteiger partial charge in [-0.05, 0) is 25.0 Å². The van der Waals surface area contributed by atoms with Crippen LogP contribution in [0.5, 0.6) is 0 Å². The van der Waals surface area contributed by atoms with E-state index < -0.39 is 0 Å². The molecule has 1 aromatic carbocycles. The largest absolute Gasteiger partial charge is 0.394 e. The molecule has 1 aromatic heterocycles. The summed E-state index contributed by atoms with van der Waals surface area (Å²) in [7, 11) is 0.